The largest absolute Gasteiger partial charge is 0.321 e. The van der Waals surface area contributed by atoms with Crippen LogP contribution in [0.15, 0.2) is 18.2 Å². The summed E-state index contributed by atoms with van der Waals surface area (Å²) < 4.78 is 0. The molecule has 0 heterocycles. The van der Waals surface area contributed by atoms with Crippen molar-refractivity contribution >= 4 is 0 Å². The molecule has 1 nitrogen and oxygen atoms in total. The molecule has 2 rings (SSSR count). The number of hydrogen-bond donors (Lipinski definition) is 1. The van der Waals surface area contributed by atoms with Gasteiger partial charge in [0.25, 0.3) is 0 Å². The highest BCUT2D eigenvalue weighted by atomic mass is 14.7. The fraction of sp³-hybridized carbons (Fsp3) is 0.647. The normalized spacial score (nSPS) is 29.0. The van der Waals surface area contributed by atoms with E-state index in [0.29, 0.717) is 0 Å². The second kappa shape index (κ2) is 5.44. The Bertz CT molecular complexity index is 410. The number of rotatable bonds is 2. The molecule has 1 aromatic carbocycles. The first-order valence-electron chi connectivity index (χ1n) is 7.42. The van der Waals surface area contributed by atoms with Crippen molar-refractivity contribution in [3.8, 4) is 0 Å². The molecule has 1 saturated carbocycles. The van der Waals surface area contributed by atoms with Gasteiger partial charge in [-0.3, -0.25) is 0 Å². The summed E-state index contributed by atoms with van der Waals surface area (Å²) in [5.41, 5.74) is 10.8. The lowest BCUT2D eigenvalue weighted by atomic mass is 9.80. The summed E-state index contributed by atoms with van der Waals surface area (Å²) in [5, 5.41) is 0. The summed E-state index contributed by atoms with van der Waals surface area (Å²) >= 11 is 0. The van der Waals surface area contributed by atoms with Gasteiger partial charge in [0.05, 0.1) is 0 Å². The van der Waals surface area contributed by atoms with E-state index in [-0.39, 0.29) is 5.54 Å². The van der Waals surface area contributed by atoms with Gasteiger partial charge in [-0.1, -0.05) is 44.4 Å². The number of benzene rings is 1. The minimum Gasteiger partial charge on any atom is -0.321 e. The number of aryl methyl sites for hydroxylation is 1. The molecule has 0 aromatic heterocycles. The van der Waals surface area contributed by atoms with Gasteiger partial charge in [0, 0.05) is 5.54 Å². The van der Waals surface area contributed by atoms with Crippen molar-refractivity contribution < 1.29 is 0 Å². The Morgan fingerprint density at radius 1 is 1.22 bits per heavy atom. The Balaban J connectivity index is 2.27. The zero-order valence-corrected chi connectivity index (χ0v) is 12.1. The Kier molecular flexibility index (Phi) is 4.11. The molecule has 1 heteroatoms. The maximum absolute atomic E-state index is 6.77. The summed E-state index contributed by atoms with van der Waals surface area (Å²) in [4.78, 5) is 0. The molecule has 1 aliphatic carbocycles. The third-order valence-corrected chi connectivity index (χ3v) is 4.95. The van der Waals surface area contributed by atoms with E-state index in [1.807, 2.05) is 0 Å². The van der Waals surface area contributed by atoms with Crippen LogP contribution in [0.25, 0.3) is 0 Å². The Morgan fingerprint density at radius 2 is 2.00 bits per heavy atom. The molecule has 100 valence electrons. The van der Waals surface area contributed by atoms with Crippen molar-refractivity contribution in [2.45, 2.75) is 64.8 Å². The summed E-state index contributed by atoms with van der Waals surface area (Å²) in [5.74, 6) is 0.889. The molecule has 1 fully saturated rings. The minimum absolute atomic E-state index is 0.0833. The second-order valence-electron chi connectivity index (χ2n) is 6.11. The van der Waals surface area contributed by atoms with Crippen molar-refractivity contribution in [3.63, 3.8) is 0 Å². The summed E-state index contributed by atoms with van der Waals surface area (Å²) in [6.45, 7) is 6.72. The van der Waals surface area contributed by atoms with Crippen LogP contribution in [0.2, 0.25) is 0 Å². The zero-order chi connectivity index (χ0) is 13.2. The first kappa shape index (κ1) is 13.6. The van der Waals surface area contributed by atoms with E-state index in [2.05, 4.69) is 39.0 Å². The number of nitrogens with two attached hydrogens (primary N) is 1. The van der Waals surface area contributed by atoms with Gasteiger partial charge in [-0.2, -0.15) is 0 Å². The van der Waals surface area contributed by atoms with Gasteiger partial charge >= 0.3 is 0 Å². The Hall–Kier alpha value is -0.820. The molecule has 0 aliphatic heterocycles. The Morgan fingerprint density at radius 3 is 2.72 bits per heavy atom. The van der Waals surface area contributed by atoms with Gasteiger partial charge in [0.1, 0.15) is 0 Å². The predicted molar refractivity (Wildman–Crippen MR) is 78.6 cm³/mol. The Labute approximate surface area is 112 Å². The summed E-state index contributed by atoms with van der Waals surface area (Å²) in [7, 11) is 0. The van der Waals surface area contributed by atoms with Crippen LogP contribution in [0.5, 0.6) is 0 Å². The lowest BCUT2D eigenvalue weighted by Crippen LogP contribution is -2.37. The molecule has 2 N–H and O–H groups in total. The molecule has 0 bridgehead atoms. The predicted octanol–water partition coefficient (Wildman–Crippen LogP) is 4.45. The quantitative estimate of drug-likeness (QED) is 0.765. The van der Waals surface area contributed by atoms with Gasteiger partial charge in [0.2, 0.25) is 0 Å². The average molecular weight is 245 g/mol. The third-order valence-electron chi connectivity index (χ3n) is 4.95. The van der Waals surface area contributed by atoms with E-state index in [0.717, 1.165) is 18.8 Å². The topological polar surface area (TPSA) is 26.0 Å². The standard InChI is InChI=1S/C17H27N/c1-4-15-8-6-11-17(18,12-10-15)16-9-5-7-13(2)14(16)3/h5,7,9,15H,4,6,8,10-12,18H2,1-3H3. The van der Waals surface area contributed by atoms with E-state index in [1.54, 1.807) is 0 Å². The molecule has 2 atom stereocenters. The lowest BCUT2D eigenvalue weighted by Gasteiger charge is -2.31. The van der Waals surface area contributed by atoms with E-state index < -0.39 is 0 Å². The maximum Gasteiger partial charge on any atom is 0.0412 e. The SMILES string of the molecule is CCC1CCCC(N)(c2cccc(C)c2C)CC1. The molecule has 18 heavy (non-hydrogen) atoms. The van der Waals surface area contributed by atoms with Crippen molar-refractivity contribution in [1.29, 1.82) is 0 Å². The molecule has 0 saturated heterocycles. The number of hydrogen-bond acceptors (Lipinski definition) is 1. The molecule has 1 aromatic rings. The molecule has 0 amide bonds. The van der Waals surface area contributed by atoms with Crippen LogP contribution in [0, 0.1) is 19.8 Å². The fourth-order valence-corrected chi connectivity index (χ4v) is 3.41. The van der Waals surface area contributed by atoms with Crippen LogP contribution in [0.1, 0.15) is 62.1 Å². The highest BCUT2D eigenvalue weighted by molar-refractivity contribution is 5.38. The second-order valence-corrected chi connectivity index (χ2v) is 6.11. The molecule has 1 aliphatic rings. The van der Waals surface area contributed by atoms with E-state index >= 15 is 0 Å². The van der Waals surface area contributed by atoms with Gasteiger partial charge < -0.3 is 5.73 Å². The van der Waals surface area contributed by atoms with Crippen LogP contribution in [0.4, 0.5) is 0 Å². The first-order valence-corrected chi connectivity index (χ1v) is 7.42. The fourth-order valence-electron chi connectivity index (χ4n) is 3.41. The minimum atomic E-state index is -0.0833. The van der Waals surface area contributed by atoms with Gasteiger partial charge in [0.15, 0.2) is 0 Å². The van der Waals surface area contributed by atoms with Gasteiger partial charge in [-0.05, 0) is 55.7 Å². The highest BCUT2D eigenvalue weighted by Crippen LogP contribution is 2.38. The molecular formula is C17H27N. The average Bonchev–Trinajstić information content (AvgIpc) is 2.55. The van der Waals surface area contributed by atoms with E-state index in [4.69, 9.17) is 5.73 Å². The summed E-state index contributed by atoms with van der Waals surface area (Å²) in [6.07, 6.45) is 7.54. The molecular weight excluding hydrogens is 218 g/mol. The lowest BCUT2D eigenvalue weighted by molar-refractivity contribution is 0.370. The van der Waals surface area contributed by atoms with Crippen molar-refractivity contribution in [3.05, 3.63) is 34.9 Å². The third kappa shape index (κ3) is 2.61. The molecule has 0 radical (unpaired) electrons. The van der Waals surface area contributed by atoms with Crippen LogP contribution < -0.4 is 5.73 Å². The highest BCUT2D eigenvalue weighted by Gasteiger charge is 2.31. The van der Waals surface area contributed by atoms with Gasteiger partial charge in [-0.15, -0.1) is 0 Å². The van der Waals surface area contributed by atoms with E-state index in [1.165, 1.54) is 42.4 Å². The molecule has 0 spiro atoms. The van der Waals surface area contributed by atoms with Crippen molar-refractivity contribution in [2.75, 3.05) is 0 Å². The van der Waals surface area contributed by atoms with Crippen molar-refractivity contribution in [1.82, 2.24) is 0 Å². The monoisotopic (exact) mass is 245 g/mol. The maximum atomic E-state index is 6.77. The molecule has 2 unspecified atom stereocenters. The van der Waals surface area contributed by atoms with Gasteiger partial charge in [-0.25, -0.2) is 0 Å². The smallest absolute Gasteiger partial charge is 0.0412 e. The van der Waals surface area contributed by atoms with E-state index in [9.17, 15) is 0 Å². The first-order chi connectivity index (χ1) is 8.57. The van der Waals surface area contributed by atoms with Crippen LogP contribution >= 0.6 is 0 Å². The van der Waals surface area contributed by atoms with Crippen LogP contribution in [0.3, 0.4) is 0 Å². The zero-order valence-electron chi connectivity index (χ0n) is 12.1. The van der Waals surface area contributed by atoms with Crippen molar-refractivity contribution in [2.24, 2.45) is 11.7 Å². The van der Waals surface area contributed by atoms with Crippen LogP contribution in [-0.4, -0.2) is 0 Å². The summed E-state index contributed by atoms with van der Waals surface area (Å²) in [6, 6.07) is 6.59. The van der Waals surface area contributed by atoms with Crippen LogP contribution in [-0.2, 0) is 5.54 Å².